The average Bonchev–Trinajstić information content (AvgIpc) is 2.24. The van der Waals surface area contributed by atoms with Gasteiger partial charge in [0, 0.05) is 0 Å². The van der Waals surface area contributed by atoms with E-state index in [1.54, 1.807) is 0 Å². The van der Waals surface area contributed by atoms with Crippen LogP contribution in [0.4, 0.5) is 35.1 Å². The van der Waals surface area contributed by atoms with E-state index in [1.807, 2.05) is 0 Å². The third kappa shape index (κ3) is 6.50. The fraction of sp³-hybridized carbons (Fsp3) is 1.00. The monoisotopic (exact) mass is 326 g/mol. The van der Waals surface area contributed by atoms with Crippen LogP contribution in [0.15, 0.2) is 0 Å². The molecule has 0 amide bonds. The third-order valence-electron chi connectivity index (χ3n) is 1.45. The first kappa shape index (κ1) is 18.6. The summed E-state index contributed by atoms with van der Waals surface area (Å²) in [5, 5.41) is 0. The van der Waals surface area contributed by atoms with Crippen LogP contribution in [0.5, 0.6) is 0 Å². The maximum Gasteiger partial charge on any atom is 0.477 e. The normalized spacial score (nSPS) is 22.1. The van der Waals surface area contributed by atoms with Gasteiger partial charge in [-0.2, -0.15) is 0 Å². The number of phosphoric ester groups is 1. The zero-order chi connectivity index (χ0) is 15.4. The second-order valence-corrected chi connectivity index (χ2v) is 4.30. The van der Waals surface area contributed by atoms with E-state index >= 15 is 0 Å². The Morgan fingerprint density at radius 1 is 0.737 bits per heavy atom. The van der Waals surface area contributed by atoms with Gasteiger partial charge in [-0.3, -0.25) is 0 Å². The Hall–Kier alpha value is -0.450. The summed E-state index contributed by atoms with van der Waals surface area (Å²) in [6, 6.07) is 0. The Bertz CT molecular complexity index is 292. The van der Waals surface area contributed by atoms with Crippen LogP contribution in [0.25, 0.3) is 0 Å². The maximum absolute atomic E-state index is 12.5. The lowest BCUT2D eigenvalue weighted by atomic mass is 10.4. The van der Waals surface area contributed by atoms with Crippen molar-refractivity contribution in [2.45, 2.75) is 37.9 Å². The van der Waals surface area contributed by atoms with Crippen LogP contribution >= 0.6 is 7.82 Å². The van der Waals surface area contributed by atoms with Gasteiger partial charge in [0.05, 0.1) is 0 Å². The number of rotatable bonds is 8. The number of halogens is 8. The molecule has 0 spiro atoms. The van der Waals surface area contributed by atoms with Crippen molar-refractivity contribution < 1.29 is 53.6 Å². The molecule has 4 atom stereocenters. The first-order valence-corrected chi connectivity index (χ1v) is 5.79. The standard InChI is InChI=1S/C6H7F8O4P/c7-1(3(9)10)5(13)17-19(15,16)18-6(14)2(8)4(11)12/h1-6H,(H,15,16). The maximum atomic E-state index is 12.5. The van der Waals surface area contributed by atoms with Gasteiger partial charge in [0.2, 0.25) is 25.1 Å². The van der Waals surface area contributed by atoms with E-state index < -0.39 is 45.7 Å². The lowest BCUT2D eigenvalue weighted by Crippen LogP contribution is -2.30. The molecule has 0 heterocycles. The smallest absolute Gasteiger partial charge is 0.302 e. The fourth-order valence-electron chi connectivity index (χ4n) is 0.624. The Morgan fingerprint density at radius 3 is 1.21 bits per heavy atom. The summed E-state index contributed by atoms with van der Waals surface area (Å²) in [7, 11) is -5.89. The molecule has 0 bridgehead atoms. The van der Waals surface area contributed by atoms with E-state index in [9.17, 15) is 39.7 Å². The van der Waals surface area contributed by atoms with Crippen molar-refractivity contribution in [3.63, 3.8) is 0 Å². The molecule has 0 rings (SSSR count). The molecule has 0 aliphatic carbocycles. The molecule has 0 aliphatic heterocycles. The highest BCUT2D eigenvalue weighted by atomic mass is 31.2. The van der Waals surface area contributed by atoms with E-state index in [4.69, 9.17) is 4.89 Å². The van der Waals surface area contributed by atoms with Crippen LogP contribution < -0.4 is 0 Å². The quantitative estimate of drug-likeness (QED) is 0.550. The summed E-state index contributed by atoms with van der Waals surface area (Å²) in [6.07, 6.45) is -22.6. The van der Waals surface area contributed by atoms with Gasteiger partial charge in [-0.05, 0) is 0 Å². The minimum atomic E-state index is -5.89. The summed E-state index contributed by atoms with van der Waals surface area (Å²) in [6.45, 7) is 0. The van der Waals surface area contributed by atoms with Crippen molar-refractivity contribution >= 4 is 7.82 Å². The molecule has 0 saturated heterocycles. The third-order valence-corrected chi connectivity index (χ3v) is 2.39. The molecule has 0 aromatic rings. The van der Waals surface area contributed by atoms with Crippen LogP contribution in [-0.2, 0) is 13.6 Å². The Morgan fingerprint density at radius 2 is 1.00 bits per heavy atom. The molecular weight excluding hydrogens is 319 g/mol. The van der Waals surface area contributed by atoms with E-state index in [0.717, 1.165) is 0 Å². The van der Waals surface area contributed by atoms with Crippen LogP contribution in [0.2, 0.25) is 0 Å². The summed E-state index contributed by atoms with van der Waals surface area (Å²) in [5.41, 5.74) is 0. The molecule has 0 aromatic carbocycles. The first-order chi connectivity index (χ1) is 8.48. The van der Waals surface area contributed by atoms with Gasteiger partial charge in [0.25, 0.3) is 12.9 Å². The lowest BCUT2D eigenvalue weighted by molar-refractivity contribution is -0.115. The SMILES string of the molecule is O=P(O)(OC(F)C(F)C(F)F)OC(F)C(F)C(F)F. The van der Waals surface area contributed by atoms with Crippen molar-refractivity contribution in [3.05, 3.63) is 0 Å². The molecule has 0 fully saturated rings. The summed E-state index contributed by atoms with van der Waals surface area (Å²) >= 11 is 0. The average molecular weight is 326 g/mol. The topological polar surface area (TPSA) is 55.8 Å². The largest absolute Gasteiger partial charge is 0.477 e. The van der Waals surface area contributed by atoms with Crippen molar-refractivity contribution in [2.75, 3.05) is 0 Å². The van der Waals surface area contributed by atoms with Crippen molar-refractivity contribution in [2.24, 2.45) is 0 Å². The molecule has 19 heavy (non-hydrogen) atoms. The van der Waals surface area contributed by atoms with Crippen LogP contribution in [-0.4, -0.2) is 42.8 Å². The molecule has 13 heteroatoms. The first-order valence-electron chi connectivity index (χ1n) is 4.30. The zero-order valence-corrected chi connectivity index (χ0v) is 9.50. The van der Waals surface area contributed by atoms with Crippen molar-refractivity contribution in [1.82, 2.24) is 0 Å². The predicted molar refractivity (Wildman–Crippen MR) is 43.6 cm³/mol. The summed E-state index contributed by atoms with van der Waals surface area (Å²) in [4.78, 5) is 8.52. The summed E-state index contributed by atoms with van der Waals surface area (Å²) in [5.74, 6) is 0. The molecule has 116 valence electrons. The van der Waals surface area contributed by atoms with E-state index in [1.165, 1.54) is 0 Å². The molecule has 0 aliphatic rings. The molecule has 4 unspecified atom stereocenters. The highest BCUT2D eigenvalue weighted by Crippen LogP contribution is 2.48. The van der Waals surface area contributed by atoms with Crippen molar-refractivity contribution in [3.8, 4) is 0 Å². The Kier molecular flexibility index (Phi) is 7.19. The van der Waals surface area contributed by atoms with Crippen LogP contribution in [0.1, 0.15) is 0 Å². The van der Waals surface area contributed by atoms with Gasteiger partial charge in [0.15, 0.2) is 0 Å². The molecule has 4 nitrogen and oxygen atoms in total. The lowest BCUT2D eigenvalue weighted by Gasteiger charge is -2.20. The fourth-order valence-corrected chi connectivity index (χ4v) is 1.42. The Balaban J connectivity index is 4.52. The molecular formula is C6H7F8O4P. The highest BCUT2D eigenvalue weighted by Gasteiger charge is 2.41. The molecule has 0 radical (unpaired) electrons. The minimum absolute atomic E-state index is 3.08. The van der Waals surface area contributed by atoms with Gasteiger partial charge in [-0.25, -0.2) is 48.7 Å². The number of phosphoric acid groups is 1. The van der Waals surface area contributed by atoms with Gasteiger partial charge in [-0.15, -0.1) is 0 Å². The molecule has 1 N–H and O–H groups in total. The van der Waals surface area contributed by atoms with E-state index in [2.05, 4.69) is 9.05 Å². The summed E-state index contributed by atoms with van der Waals surface area (Å²) < 4.78 is 113. The second kappa shape index (κ2) is 7.36. The van der Waals surface area contributed by atoms with Crippen LogP contribution in [0.3, 0.4) is 0 Å². The number of hydrogen-bond donors (Lipinski definition) is 1. The van der Waals surface area contributed by atoms with Crippen LogP contribution in [0, 0.1) is 0 Å². The Labute approximate surface area is 100 Å². The number of hydrogen-bond acceptors (Lipinski definition) is 3. The molecule has 0 saturated carbocycles. The van der Waals surface area contributed by atoms with E-state index in [0.29, 0.717) is 0 Å². The van der Waals surface area contributed by atoms with Crippen molar-refractivity contribution in [1.29, 1.82) is 0 Å². The second-order valence-electron chi connectivity index (χ2n) is 2.94. The highest BCUT2D eigenvalue weighted by molar-refractivity contribution is 7.47. The van der Waals surface area contributed by atoms with Gasteiger partial charge >= 0.3 is 7.82 Å². The number of alkyl halides is 8. The van der Waals surface area contributed by atoms with Gasteiger partial charge in [0.1, 0.15) is 0 Å². The van der Waals surface area contributed by atoms with E-state index in [-0.39, 0.29) is 0 Å². The predicted octanol–water partition coefficient (Wildman–Crippen LogP) is 2.92. The molecule has 0 aromatic heterocycles. The van der Waals surface area contributed by atoms with Gasteiger partial charge in [-0.1, -0.05) is 0 Å². The minimum Gasteiger partial charge on any atom is -0.302 e. The zero-order valence-electron chi connectivity index (χ0n) is 8.61. The van der Waals surface area contributed by atoms with Gasteiger partial charge < -0.3 is 4.89 Å².